The van der Waals surface area contributed by atoms with Crippen molar-refractivity contribution in [2.24, 2.45) is 0 Å². The molecule has 0 aliphatic carbocycles. The monoisotopic (exact) mass is 459 g/mol. The maximum absolute atomic E-state index is 13.0. The Morgan fingerprint density at radius 2 is 1.85 bits per heavy atom. The van der Waals surface area contributed by atoms with Crippen LogP contribution in [0, 0.1) is 13.8 Å². The van der Waals surface area contributed by atoms with Gasteiger partial charge in [0.25, 0.3) is 0 Å². The molecule has 0 fully saturated rings. The third-order valence-corrected chi connectivity index (χ3v) is 4.88. The van der Waals surface area contributed by atoms with E-state index in [2.05, 4.69) is 15.3 Å². The van der Waals surface area contributed by atoms with E-state index in [1.54, 1.807) is 13.8 Å². The molecule has 0 aliphatic rings. The summed E-state index contributed by atoms with van der Waals surface area (Å²) in [4.78, 5) is 43.7. The van der Waals surface area contributed by atoms with Gasteiger partial charge in [0.05, 0.1) is 11.3 Å². The number of benzene rings is 1. The number of ketones is 2. The van der Waals surface area contributed by atoms with E-state index in [1.807, 2.05) is 0 Å². The summed E-state index contributed by atoms with van der Waals surface area (Å²) in [6.45, 7) is 4.06. The molecule has 0 radical (unpaired) electrons. The molecule has 0 spiro atoms. The predicted octanol–water partition coefficient (Wildman–Crippen LogP) is 5.03. The summed E-state index contributed by atoms with van der Waals surface area (Å²) in [5, 5.41) is 2.68. The van der Waals surface area contributed by atoms with Crippen molar-refractivity contribution in [3.8, 4) is 0 Å². The zero-order valence-electron chi connectivity index (χ0n) is 18.0. The summed E-state index contributed by atoms with van der Waals surface area (Å²) in [5.74, 6) is -1.65. The summed E-state index contributed by atoms with van der Waals surface area (Å²) in [6.07, 6.45) is -3.17. The number of rotatable bonds is 7. The number of Topliss-reactive ketones (excluding diaryl/α,β-unsaturated/α-hetero) is 2. The van der Waals surface area contributed by atoms with E-state index in [0.29, 0.717) is 16.8 Å². The molecule has 0 saturated carbocycles. The maximum atomic E-state index is 13.0. The van der Waals surface area contributed by atoms with Crippen LogP contribution in [0.3, 0.4) is 0 Å². The lowest BCUT2D eigenvalue weighted by molar-refractivity contribution is -0.137. The van der Waals surface area contributed by atoms with Gasteiger partial charge in [-0.15, -0.1) is 0 Å². The minimum absolute atomic E-state index is 0.0277. The first-order chi connectivity index (χ1) is 15.5. The van der Waals surface area contributed by atoms with Crippen LogP contribution in [-0.4, -0.2) is 34.1 Å². The number of H-pyrrole nitrogens is 1. The number of hydrogen-bond acceptors (Lipinski definition) is 6. The number of alkyl halides is 3. The summed E-state index contributed by atoms with van der Waals surface area (Å²) >= 11 is 0. The number of nitrogens with zero attached hydrogens (tertiary/aromatic N) is 1. The molecule has 0 bridgehead atoms. The van der Waals surface area contributed by atoms with Gasteiger partial charge < -0.3 is 15.0 Å². The van der Waals surface area contributed by atoms with Gasteiger partial charge in [0.2, 0.25) is 5.78 Å². The van der Waals surface area contributed by atoms with E-state index in [4.69, 9.17) is 4.74 Å². The second-order valence-electron chi connectivity index (χ2n) is 7.28. The van der Waals surface area contributed by atoms with Crippen molar-refractivity contribution in [1.82, 2.24) is 9.97 Å². The smallest absolute Gasteiger partial charge is 0.416 e. The first kappa shape index (κ1) is 23.7. The van der Waals surface area contributed by atoms with Crippen molar-refractivity contribution >= 4 is 29.0 Å². The van der Waals surface area contributed by atoms with Gasteiger partial charge in [-0.2, -0.15) is 13.2 Å². The average molecular weight is 459 g/mol. The normalized spacial score (nSPS) is 11.2. The first-order valence-corrected chi connectivity index (χ1v) is 9.78. The van der Waals surface area contributed by atoms with Crippen LogP contribution in [0.2, 0.25) is 0 Å². The Bertz CT molecular complexity index is 1230. The van der Waals surface area contributed by atoms with E-state index in [9.17, 15) is 27.6 Å². The lowest BCUT2D eigenvalue weighted by Gasteiger charge is -2.12. The Balaban J connectivity index is 1.75. The molecule has 2 N–H and O–H groups in total. The lowest BCUT2D eigenvalue weighted by Crippen LogP contribution is -2.17. The van der Waals surface area contributed by atoms with E-state index in [-0.39, 0.29) is 28.5 Å². The number of carbonyl (C=O) groups excluding carboxylic acids is 3. The van der Waals surface area contributed by atoms with Crippen LogP contribution in [0.15, 0.2) is 42.6 Å². The van der Waals surface area contributed by atoms with Crippen LogP contribution in [0.1, 0.15) is 54.9 Å². The van der Waals surface area contributed by atoms with E-state index >= 15 is 0 Å². The Morgan fingerprint density at radius 3 is 2.48 bits per heavy atom. The van der Waals surface area contributed by atoms with E-state index in [1.165, 1.54) is 37.4 Å². The number of pyridine rings is 1. The Hall–Kier alpha value is -3.95. The number of carbonyl (C=O) groups is 3. The van der Waals surface area contributed by atoms with Crippen LogP contribution in [0.25, 0.3) is 0 Å². The van der Waals surface area contributed by atoms with Crippen molar-refractivity contribution in [1.29, 1.82) is 0 Å². The number of anilines is 2. The van der Waals surface area contributed by atoms with Crippen molar-refractivity contribution < 1.29 is 32.3 Å². The van der Waals surface area contributed by atoms with Gasteiger partial charge in [-0.05, 0) is 56.7 Å². The summed E-state index contributed by atoms with van der Waals surface area (Å²) < 4.78 is 44.0. The highest BCUT2D eigenvalue weighted by Gasteiger charge is 2.30. The molecular formula is C23H20F3N3O4. The molecule has 2 heterocycles. The number of hydrogen-bond donors (Lipinski definition) is 2. The van der Waals surface area contributed by atoms with Crippen LogP contribution >= 0.6 is 0 Å². The highest BCUT2D eigenvalue weighted by Crippen LogP contribution is 2.31. The second kappa shape index (κ2) is 9.27. The van der Waals surface area contributed by atoms with Gasteiger partial charge in [-0.3, -0.25) is 9.59 Å². The maximum Gasteiger partial charge on any atom is 0.416 e. The molecule has 2 aromatic heterocycles. The number of aromatic amines is 1. The summed E-state index contributed by atoms with van der Waals surface area (Å²) in [5.41, 5.74) is 0.724. The number of esters is 1. The zero-order valence-corrected chi connectivity index (χ0v) is 18.0. The fourth-order valence-electron chi connectivity index (χ4n) is 3.42. The topological polar surface area (TPSA) is 101 Å². The van der Waals surface area contributed by atoms with Gasteiger partial charge in [0, 0.05) is 23.1 Å². The second-order valence-corrected chi connectivity index (χ2v) is 7.28. The van der Waals surface area contributed by atoms with Gasteiger partial charge >= 0.3 is 12.1 Å². The van der Waals surface area contributed by atoms with Gasteiger partial charge in [-0.1, -0.05) is 6.07 Å². The molecule has 1 aromatic carbocycles. The van der Waals surface area contributed by atoms with E-state index in [0.717, 1.165) is 12.1 Å². The zero-order chi connectivity index (χ0) is 24.3. The minimum Gasteiger partial charge on any atom is -0.454 e. The fraction of sp³-hybridized carbons (Fsp3) is 0.217. The standard InChI is InChI=1S/C23H20F3N3O4/c1-12-19(14(3)30)13(2)28-20(12)18(31)11-33-22(32)17-8-5-9-27-21(17)29-16-7-4-6-15(10-16)23(24,25)26/h4-10,28H,11H2,1-3H3,(H,27,29). The molecule has 0 aliphatic heterocycles. The van der Waals surface area contributed by atoms with Crippen LogP contribution in [0.4, 0.5) is 24.7 Å². The van der Waals surface area contributed by atoms with E-state index < -0.39 is 30.1 Å². The van der Waals surface area contributed by atoms with Crippen LogP contribution in [0.5, 0.6) is 0 Å². The number of ether oxygens (including phenoxy) is 1. The summed E-state index contributed by atoms with van der Waals surface area (Å²) in [7, 11) is 0. The van der Waals surface area contributed by atoms with Crippen molar-refractivity contribution in [3.63, 3.8) is 0 Å². The van der Waals surface area contributed by atoms with Crippen molar-refractivity contribution in [3.05, 3.63) is 76.2 Å². The number of halogens is 3. The summed E-state index contributed by atoms with van der Waals surface area (Å²) in [6, 6.07) is 7.25. The molecular weight excluding hydrogens is 439 g/mol. The highest BCUT2D eigenvalue weighted by atomic mass is 19.4. The molecule has 0 atom stereocenters. The molecule has 3 aromatic rings. The third-order valence-electron chi connectivity index (χ3n) is 4.88. The highest BCUT2D eigenvalue weighted by molar-refractivity contribution is 6.04. The predicted molar refractivity (Wildman–Crippen MR) is 114 cm³/mol. The molecule has 33 heavy (non-hydrogen) atoms. The third kappa shape index (κ3) is 5.28. The molecule has 0 saturated heterocycles. The number of aryl methyl sites for hydroxylation is 1. The molecule has 10 heteroatoms. The number of aromatic nitrogens is 2. The molecule has 0 amide bonds. The van der Waals surface area contributed by atoms with Gasteiger partial charge in [0.15, 0.2) is 12.4 Å². The first-order valence-electron chi connectivity index (χ1n) is 9.78. The van der Waals surface area contributed by atoms with Gasteiger partial charge in [-0.25, -0.2) is 9.78 Å². The molecule has 0 unspecified atom stereocenters. The Kier molecular flexibility index (Phi) is 6.66. The van der Waals surface area contributed by atoms with Crippen LogP contribution < -0.4 is 5.32 Å². The lowest BCUT2D eigenvalue weighted by atomic mass is 10.1. The quantitative estimate of drug-likeness (QED) is 0.380. The van der Waals surface area contributed by atoms with Crippen LogP contribution in [-0.2, 0) is 10.9 Å². The Labute approximate surface area is 187 Å². The molecule has 3 rings (SSSR count). The van der Waals surface area contributed by atoms with Crippen molar-refractivity contribution in [2.75, 3.05) is 11.9 Å². The minimum atomic E-state index is -4.53. The average Bonchev–Trinajstić information content (AvgIpc) is 3.06. The molecule has 172 valence electrons. The van der Waals surface area contributed by atoms with Gasteiger partial charge in [0.1, 0.15) is 11.4 Å². The Morgan fingerprint density at radius 1 is 1.12 bits per heavy atom. The number of nitrogens with one attached hydrogen (secondary N) is 2. The SMILES string of the molecule is CC(=O)c1c(C)[nH]c(C(=O)COC(=O)c2cccnc2Nc2cccc(C(F)(F)F)c2)c1C. The fourth-order valence-corrected chi connectivity index (χ4v) is 3.42. The molecule has 7 nitrogen and oxygen atoms in total. The largest absolute Gasteiger partial charge is 0.454 e. The van der Waals surface area contributed by atoms with Crippen molar-refractivity contribution in [2.45, 2.75) is 26.9 Å².